The van der Waals surface area contributed by atoms with Crippen LogP contribution in [0.4, 0.5) is 0 Å². The monoisotopic (exact) mass is 382 g/mol. The third-order valence-electron chi connectivity index (χ3n) is 6.72. The molecule has 0 saturated heterocycles. The van der Waals surface area contributed by atoms with Gasteiger partial charge in [-0.05, 0) is 81.1 Å². The van der Waals surface area contributed by atoms with Gasteiger partial charge in [0, 0.05) is 10.8 Å². The van der Waals surface area contributed by atoms with Crippen molar-refractivity contribution in [2.45, 2.75) is 34.6 Å². The van der Waals surface area contributed by atoms with E-state index in [1.807, 2.05) is 0 Å². The molecule has 0 fully saturated rings. The lowest BCUT2D eigenvalue weighted by molar-refractivity contribution is -0.639. The quantitative estimate of drug-likeness (QED) is 0.333. The molecule has 146 valence electrons. The third kappa shape index (κ3) is 2.33. The molecule has 3 heteroatoms. The Labute approximate surface area is 171 Å². The van der Waals surface area contributed by atoms with Crippen LogP contribution in [0.15, 0.2) is 42.5 Å². The number of rotatable bonds is 1. The maximum absolute atomic E-state index is 2.46. The maximum Gasteiger partial charge on any atom is 0.370 e. The van der Waals surface area contributed by atoms with Crippen LogP contribution < -0.4 is 4.57 Å². The van der Waals surface area contributed by atoms with Crippen molar-refractivity contribution in [3.05, 3.63) is 70.3 Å². The summed E-state index contributed by atoms with van der Waals surface area (Å²) in [6.45, 7) is 11.0. The molecule has 0 saturated carbocycles. The van der Waals surface area contributed by atoms with Crippen LogP contribution in [0.1, 0.15) is 27.8 Å². The summed E-state index contributed by atoms with van der Waals surface area (Å²) < 4.78 is 7.13. The first kappa shape index (κ1) is 18.0. The highest BCUT2D eigenvalue weighted by Crippen LogP contribution is 2.35. The Morgan fingerprint density at radius 2 is 1.45 bits per heavy atom. The van der Waals surface area contributed by atoms with Crippen LogP contribution in [0.25, 0.3) is 38.8 Å². The fraction of sp³-hybridized carbons (Fsp3) is 0.269. The summed E-state index contributed by atoms with van der Waals surface area (Å²) in [6, 6.07) is 16.0. The lowest BCUT2D eigenvalue weighted by atomic mass is 10.0. The summed E-state index contributed by atoms with van der Waals surface area (Å²) in [6.07, 6.45) is 0. The summed E-state index contributed by atoms with van der Waals surface area (Å²) in [7, 11) is 4.37. The second-order valence-electron chi connectivity index (χ2n) is 8.60. The molecule has 0 spiro atoms. The van der Waals surface area contributed by atoms with Crippen LogP contribution in [-0.4, -0.2) is 9.13 Å². The number of benzene rings is 3. The predicted molar refractivity (Wildman–Crippen MR) is 122 cm³/mol. The predicted octanol–water partition coefficient (Wildman–Crippen LogP) is 5.64. The van der Waals surface area contributed by atoms with Gasteiger partial charge in [0.2, 0.25) is 0 Å². The molecular weight excluding hydrogens is 354 g/mol. The number of imidazole rings is 1. The minimum absolute atomic E-state index is 1.18. The molecule has 2 heterocycles. The van der Waals surface area contributed by atoms with Gasteiger partial charge in [-0.2, -0.15) is 4.57 Å². The van der Waals surface area contributed by atoms with Gasteiger partial charge in [0.15, 0.2) is 0 Å². The first-order chi connectivity index (χ1) is 13.8. The molecule has 2 aromatic heterocycles. The van der Waals surface area contributed by atoms with Crippen molar-refractivity contribution in [3.63, 3.8) is 0 Å². The van der Waals surface area contributed by atoms with E-state index in [4.69, 9.17) is 0 Å². The van der Waals surface area contributed by atoms with Crippen LogP contribution in [0.2, 0.25) is 0 Å². The van der Waals surface area contributed by atoms with E-state index in [2.05, 4.69) is 105 Å². The molecule has 0 aliphatic heterocycles. The number of aromatic nitrogens is 3. The second-order valence-corrected chi connectivity index (χ2v) is 8.60. The molecule has 3 nitrogen and oxygen atoms in total. The summed E-state index contributed by atoms with van der Waals surface area (Å²) in [4.78, 5) is 0. The molecule has 0 amide bonds. The molecule has 0 unspecified atom stereocenters. The molecule has 0 radical (unpaired) electrons. The average Bonchev–Trinajstić information content (AvgIpc) is 3.11. The molecule has 5 rings (SSSR count). The van der Waals surface area contributed by atoms with Crippen molar-refractivity contribution in [2.24, 2.45) is 14.1 Å². The zero-order valence-corrected chi connectivity index (χ0v) is 18.4. The standard InChI is InChI=1S/C26H28N3/c1-15-8-11-22-21(12-15)20-10-9-16(2)19(5)25(20)29(22)26-27(6)23-13-17(3)18(4)14-24(23)28(26)7/h8-14H,1-7H3/q+1. The zero-order valence-electron chi connectivity index (χ0n) is 18.4. The number of hydrogen-bond acceptors (Lipinski definition) is 0. The van der Waals surface area contributed by atoms with Gasteiger partial charge in [0.25, 0.3) is 0 Å². The molecule has 3 aromatic carbocycles. The summed E-state index contributed by atoms with van der Waals surface area (Å²) in [5.74, 6) is 1.18. The number of hydrogen-bond donors (Lipinski definition) is 0. The van der Waals surface area contributed by atoms with Crippen molar-refractivity contribution in [3.8, 4) is 5.95 Å². The van der Waals surface area contributed by atoms with Crippen LogP contribution in [0, 0.1) is 34.6 Å². The Morgan fingerprint density at radius 3 is 2.21 bits per heavy atom. The van der Waals surface area contributed by atoms with Crippen molar-refractivity contribution in [2.75, 3.05) is 0 Å². The van der Waals surface area contributed by atoms with Crippen LogP contribution in [0.3, 0.4) is 0 Å². The Bertz CT molecular complexity index is 1420. The smallest absolute Gasteiger partial charge is 0.230 e. The topological polar surface area (TPSA) is 13.7 Å². The van der Waals surface area contributed by atoms with E-state index in [9.17, 15) is 0 Å². The number of nitrogens with zero attached hydrogens (tertiary/aromatic N) is 3. The minimum Gasteiger partial charge on any atom is -0.230 e. The van der Waals surface area contributed by atoms with Gasteiger partial charge in [-0.15, -0.1) is 0 Å². The SMILES string of the molecule is Cc1ccc2c(c1)c1ccc(C)c(C)c1n2-c1n(C)c2cc(C)c(C)cc2[n+]1C. The highest BCUT2D eigenvalue weighted by atomic mass is 15.3. The van der Waals surface area contributed by atoms with Gasteiger partial charge in [-0.1, -0.05) is 23.8 Å². The van der Waals surface area contributed by atoms with E-state index in [1.54, 1.807) is 0 Å². The van der Waals surface area contributed by atoms with Crippen LogP contribution in [0.5, 0.6) is 0 Å². The second kappa shape index (κ2) is 5.96. The van der Waals surface area contributed by atoms with Crippen molar-refractivity contribution in [1.82, 2.24) is 9.13 Å². The van der Waals surface area contributed by atoms with Gasteiger partial charge < -0.3 is 0 Å². The fourth-order valence-electron chi connectivity index (χ4n) is 4.76. The van der Waals surface area contributed by atoms with Crippen molar-refractivity contribution >= 4 is 32.8 Å². The first-order valence-electron chi connectivity index (χ1n) is 10.3. The lowest BCUT2D eigenvalue weighted by Crippen LogP contribution is -2.33. The third-order valence-corrected chi connectivity index (χ3v) is 6.72. The van der Waals surface area contributed by atoms with Crippen molar-refractivity contribution < 1.29 is 4.57 Å². The Hall–Kier alpha value is -3.07. The lowest BCUT2D eigenvalue weighted by Gasteiger charge is -2.06. The van der Waals surface area contributed by atoms with Gasteiger partial charge in [0.1, 0.15) is 22.1 Å². The Balaban J connectivity index is 2.04. The van der Waals surface area contributed by atoms with Crippen LogP contribution >= 0.6 is 0 Å². The molecule has 0 aliphatic rings. The van der Waals surface area contributed by atoms with E-state index >= 15 is 0 Å². The number of fused-ring (bicyclic) bond motifs is 4. The highest BCUT2D eigenvalue weighted by Gasteiger charge is 2.27. The molecule has 0 atom stereocenters. The van der Waals surface area contributed by atoms with E-state index in [0.717, 1.165) is 0 Å². The molecule has 29 heavy (non-hydrogen) atoms. The molecular formula is C26H28N3+. The maximum atomic E-state index is 2.46. The summed E-state index contributed by atoms with van der Waals surface area (Å²) in [5, 5.41) is 2.64. The zero-order chi connectivity index (χ0) is 20.6. The minimum atomic E-state index is 1.18. The largest absolute Gasteiger partial charge is 0.370 e. The van der Waals surface area contributed by atoms with Gasteiger partial charge in [-0.3, -0.25) is 0 Å². The van der Waals surface area contributed by atoms with E-state index < -0.39 is 0 Å². The van der Waals surface area contributed by atoms with Crippen LogP contribution in [-0.2, 0) is 14.1 Å². The van der Waals surface area contributed by atoms with Gasteiger partial charge >= 0.3 is 5.95 Å². The summed E-state index contributed by atoms with van der Waals surface area (Å²) >= 11 is 0. The van der Waals surface area contributed by atoms with E-state index in [0.29, 0.717) is 0 Å². The first-order valence-corrected chi connectivity index (χ1v) is 10.3. The average molecular weight is 383 g/mol. The van der Waals surface area contributed by atoms with Crippen molar-refractivity contribution in [1.29, 1.82) is 0 Å². The molecule has 5 aromatic rings. The van der Waals surface area contributed by atoms with Gasteiger partial charge in [0.05, 0.1) is 14.1 Å². The molecule has 0 aliphatic carbocycles. The summed E-state index contributed by atoms with van der Waals surface area (Å²) in [5.41, 5.74) is 11.7. The Kier molecular flexibility index (Phi) is 3.70. The van der Waals surface area contributed by atoms with E-state index in [1.165, 1.54) is 66.6 Å². The van der Waals surface area contributed by atoms with Gasteiger partial charge in [-0.25, -0.2) is 9.13 Å². The normalized spacial score (nSPS) is 12.0. The van der Waals surface area contributed by atoms with E-state index in [-0.39, 0.29) is 0 Å². The Morgan fingerprint density at radius 1 is 0.724 bits per heavy atom. The highest BCUT2D eigenvalue weighted by molar-refractivity contribution is 6.10. The number of aryl methyl sites for hydroxylation is 7. The molecule has 0 N–H and O–H groups in total. The molecule has 0 bridgehead atoms. The fourth-order valence-corrected chi connectivity index (χ4v) is 4.76.